The van der Waals surface area contributed by atoms with Crippen LogP contribution in [0, 0.1) is 17.8 Å². The fourth-order valence-corrected chi connectivity index (χ4v) is 8.45. The molecule has 3 heterocycles. The summed E-state index contributed by atoms with van der Waals surface area (Å²) in [5.74, 6) is 1.64. The second kappa shape index (κ2) is 11.1. The molecule has 2 saturated carbocycles. The Morgan fingerprint density at radius 1 is 0.865 bits per heavy atom. The number of hydrogen-bond acceptors (Lipinski definition) is 5. The molecule has 5 unspecified atom stereocenters. The molecule has 8 heteroatoms. The quantitative estimate of drug-likeness (QED) is 0.593. The number of rotatable bonds is 4. The number of carbonyl (C=O) groups is 3. The third-order valence-electron chi connectivity index (χ3n) is 10.1. The van der Waals surface area contributed by atoms with Crippen molar-refractivity contribution in [3.63, 3.8) is 0 Å². The number of fused-ring (bicyclic) bond motifs is 3. The molecular weight excluding hydrogens is 468 g/mol. The van der Waals surface area contributed by atoms with Crippen LogP contribution in [0.3, 0.4) is 0 Å². The fraction of sp³-hybridized carbons (Fsp3) is 0.897. The van der Waals surface area contributed by atoms with Gasteiger partial charge in [-0.1, -0.05) is 0 Å². The lowest BCUT2D eigenvalue weighted by Crippen LogP contribution is -2.67. The number of ether oxygens (including phenoxy) is 1. The summed E-state index contributed by atoms with van der Waals surface area (Å²) in [4.78, 5) is 42.6. The SMILES string of the molecule is CC(=O)N1C2CCC(C3CCC(C(=O)NC4CC5CC[C@@H](C4)N5)CC3)CC2N(C(=O)OC(C)C)C[C@@H]1C. The number of amides is 3. The molecule has 5 fully saturated rings. The van der Waals surface area contributed by atoms with Gasteiger partial charge in [0, 0.05) is 43.6 Å². The predicted molar refractivity (Wildman–Crippen MR) is 142 cm³/mol. The minimum Gasteiger partial charge on any atom is -0.447 e. The van der Waals surface area contributed by atoms with Gasteiger partial charge in [0.05, 0.1) is 18.2 Å². The number of piperazine rings is 1. The van der Waals surface area contributed by atoms with Gasteiger partial charge in [-0.25, -0.2) is 4.79 Å². The number of nitrogens with one attached hydrogen (secondary N) is 2. The first kappa shape index (κ1) is 26.8. The average Bonchev–Trinajstić information content (AvgIpc) is 3.20. The van der Waals surface area contributed by atoms with E-state index < -0.39 is 0 Å². The summed E-state index contributed by atoms with van der Waals surface area (Å²) in [6, 6.07) is 1.61. The van der Waals surface area contributed by atoms with E-state index in [0.717, 1.165) is 57.8 Å². The van der Waals surface area contributed by atoms with Crippen LogP contribution in [0.4, 0.5) is 4.79 Å². The Morgan fingerprint density at radius 2 is 1.51 bits per heavy atom. The van der Waals surface area contributed by atoms with E-state index in [9.17, 15) is 14.4 Å². The molecule has 0 spiro atoms. The second-order valence-corrected chi connectivity index (χ2v) is 13.0. The van der Waals surface area contributed by atoms with Crippen molar-refractivity contribution in [2.75, 3.05) is 6.54 Å². The minimum atomic E-state index is -0.243. The van der Waals surface area contributed by atoms with Crippen LogP contribution in [0.5, 0.6) is 0 Å². The lowest BCUT2D eigenvalue weighted by atomic mass is 9.68. The van der Waals surface area contributed by atoms with Crippen LogP contribution < -0.4 is 10.6 Å². The molecule has 5 rings (SSSR count). The van der Waals surface area contributed by atoms with E-state index >= 15 is 0 Å². The Kier molecular flexibility index (Phi) is 8.04. The van der Waals surface area contributed by atoms with Crippen LogP contribution in [-0.4, -0.2) is 76.6 Å². The summed E-state index contributed by atoms with van der Waals surface area (Å²) in [5, 5.41) is 7.06. The molecule has 3 amide bonds. The first-order valence-corrected chi connectivity index (χ1v) is 15.0. The lowest BCUT2D eigenvalue weighted by molar-refractivity contribution is -0.142. The number of carbonyl (C=O) groups excluding carboxylic acids is 3. The molecule has 0 aromatic carbocycles. The van der Waals surface area contributed by atoms with Crippen molar-refractivity contribution in [2.24, 2.45) is 17.8 Å². The first-order chi connectivity index (χ1) is 17.7. The van der Waals surface area contributed by atoms with Crippen LogP contribution in [0.15, 0.2) is 0 Å². The van der Waals surface area contributed by atoms with Crippen molar-refractivity contribution >= 4 is 17.9 Å². The molecule has 5 aliphatic rings. The maximum atomic E-state index is 13.1. The van der Waals surface area contributed by atoms with Gasteiger partial charge in [-0.15, -0.1) is 0 Å². The molecule has 0 aromatic heterocycles. The summed E-state index contributed by atoms with van der Waals surface area (Å²) < 4.78 is 5.62. The number of hydrogen-bond donors (Lipinski definition) is 2. The molecule has 0 aromatic rings. The van der Waals surface area contributed by atoms with Crippen LogP contribution in [0.2, 0.25) is 0 Å². The highest BCUT2D eigenvalue weighted by Gasteiger charge is 2.48. The monoisotopic (exact) mass is 516 g/mol. The van der Waals surface area contributed by atoms with E-state index in [1.165, 1.54) is 12.8 Å². The van der Waals surface area contributed by atoms with E-state index in [4.69, 9.17) is 4.74 Å². The van der Waals surface area contributed by atoms with E-state index in [2.05, 4.69) is 10.6 Å². The Bertz CT molecular complexity index is 845. The zero-order chi connectivity index (χ0) is 26.3. The molecule has 208 valence electrons. The summed E-state index contributed by atoms with van der Waals surface area (Å²) in [5.41, 5.74) is 0. The topological polar surface area (TPSA) is 91.0 Å². The molecule has 2 aliphatic carbocycles. The standard InChI is InChI=1S/C29H48N4O4/c1-17(2)37-29(36)32-16-18(3)33(19(4)34)26-12-9-22(13-27(26)32)20-5-7-21(8-6-20)28(35)31-25-14-23-10-11-24(15-25)30-23/h17-18,20-27,30H,5-16H2,1-4H3,(H,31,35)/t18-,20?,21?,22?,23-,24?,25?,26?,27?/m0/s1. The molecule has 8 nitrogen and oxygen atoms in total. The Morgan fingerprint density at radius 3 is 2.14 bits per heavy atom. The lowest BCUT2D eigenvalue weighted by Gasteiger charge is -2.54. The second-order valence-electron chi connectivity index (χ2n) is 13.0. The highest BCUT2D eigenvalue weighted by atomic mass is 16.6. The Balaban J connectivity index is 1.17. The fourth-order valence-electron chi connectivity index (χ4n) is 8.45. The Labute approximate surface area is 222 Å². The molecule has 3 aliphatic heterocycles. The highest BCUT2D eigenvalue weighted by molar-refractivity contribution is 5.79. The molecule has 3 saturated heterocycles. The number of nitrogens with zero attached hydrogens (tertiary/aromatic N) is 2. The van der Waals surface area contributed by atoms with E-state index in [1.54, 1.807) is 6.92 Å². The van der Waals surface area contributed by atoms with Crippen molar-refractivity contribution in [1.82, 2.24) is 20.4 Å². The molecular formula is C29H48N4O4. The van der Waals surface area contributed by atoms with Crippen molar-refractivity contribution in [3.8, 4) is 0 Å². The predicted octanol–water partition coefficient (Wildman–Crippen LogP) is 3.83. The van der Waals surface area contributed by atoms with Gasteiger partial charge < -0.3 is 25.2 Å². The van der Waals surface area contributed by atoms with Crippen LogP contribution in [-0.2, 0) is 14.3 Å². The summed E-state index contributed by atoms with van der Waals surface area (Å²) in [6.07, 6.45) is 11.3. The van der Waals surface area contributed by atoms with Crippen LogP contribution in [0.1, 0.15) is 98.3 Å². The van der Waals surface area contributed by atoms with Gasteiger partial charge >= 0.3 is 6.09 Å². The van der Waals surface area contributed by atoms with Gasteiger partial charge in [-0.05, 0) is 103 Å². The smallest absolute Gasteiger partial charge is 0.410 e. The normalized spacial score (nSPS) is 39.8. The van der Waals surface area contributed by atoms with E-state index in [1.807, 2.05) is 30.6 Å². The molecule has 2 bridgehead atoms. The first-order valence-electron chi connectivity index (χ1n) is 15.0. The van der Waals surface area contributed by atoms with Crippen molar-refractivity contribution in [1.29, 1.82) is 0 Å². The largest absolute Gasteiger partial charge is 0.447 e. The molecule has 37 heavy (non-hydrogen) atoms. The molecule has 2 N–H and O–H groups in total. The van der Waals surface area contributed by atoms with Crippen LogP contribution >= 0.6 is 0 Å². The van der Waals surface area contributed by atoms with Crippen LogP contribution in [0.25, 0.3) is 0 Å². The molecule has 7 atom stereocenters. The zero-order valence-corrected chi connectivity index (χ0v) is 23.3. The van der Waals surface area contributed by atoms with Gasteiger partial charge in [0.25, 0.3) is 0 Å². The maximum Gasteiger partial charge on any atom is 0.410 e. The van der Waals surface area contributed by atoms with Gasteiger partial charge in [0.1, 0.15) is 0 Å². The third kappa shape index (κ3) is 5.79. The number of piperidine rings is 1. The van der Waals surface area contributed by atoms with E-state index in [-0.39, 0.29) is 48.1 Å². The van der Waals surface area contributed by atoms with Crippen molar-refractivity contribution < 1.29 is 19.1 Å². The maximum absolute atomic E-state index is 13.1. The third-order valence-corrected chi connectivity index (χ3v) is 10.1. The minimum absolute atomic E-state index is 0.000831. The molecule has 0 radical (unpaired) electrons. The Hall–Kier alpha value is -1.83. The summed E-state index contributed by atoms with van der Waals surface area (Å²) in [7, 11) is 0. The van der Waals surface area contributed by atoms with Crippen molar-refractivity contribution in [2.45, 2.75) is 141 Å². The summed E-state index contributed by atoms with van der Waals surface area (Å²) >= 11 is 0. The van der Waals surface area contributed by atoms with E-state index in [0.29, 0.717) is 36.5 Å². The van der Waals surface area contributed by atoms with Gasteiger partial charge in [0.15, 0.2) is 0 Å². The van der Waals surface area contributed by atoms with Gasteiger partial charge in [-0.2, -0.15) is 0 Å². The van der Waals surface area contributed by atoms with Gasteiger partial charge in [0.2, 0.25) is 11.8 Å². The van der Waals surface area contributed by atoms with Gasteiger partial charge in [-0.3, -0.25) is 9.59 Å². The van der Waals surface area contributed by atoms with Crippen molar-refractivity contribution in [3.05, 3.63) is 0 Å². The average molecular weight is 517 g/mol. The highest BCUT2D eigenvalue weighted by Crippen LogP contribution is 2.44. The summed E-state index contributed by atoms with van der Waals surface area (Å²) in [6.45, 7) is 8.00. The zero-order valence-electron chi connectivity index (χ0n) is 23.3.